The van der Waals surface area contributed by atoms with E-state index < -0.39 is 14.8 Å². The van der Waals surface area contributed by atoms with Crippen LogP contribution in [0.4, 0.5) is 5.69 Å². The average Bonchev–Trinajstić information content (AvgIpc) is 2.34. The van der Waals surface area contributed by atoms with Crippen molar-refractivity contribution in [3.63, 3.8) is 0 Å². The Hall–Kier alpha value is -1.47. The SMILES string of the molecule is COCCCCS(=O)(=O)Cc1cccc([N+](=O)[O-])c1. The Balaban J connectivity index is 2.62. The highest BCUT2D eigenvalue weighted by atomic mass is 32.2. The molecule has 0 aliphatic carbocycles. The zero-order chi connectivity index (χ0) is 14.3. The molecule has 0 fully saturated rings. The number of benzene rings is 1. The lowest BCUT2D eigenvalue weighted by Crippen LogP contribution is -2.10. The number of hydrogen-bond acceptors (Lipinski definition) is 5. The number of hydrogen-bond donors (Lipinski definition) is 0. The predicted octanol–water partition coefficient (Wildman–Crippen LogP) is 1.94. The van der Waals surface area contributed by atoms with E-state index in [0.717, 1.165) is 0 Å². The fourth-order valence-electron chi connectivity index (χ4n) is 1.65. The number of nitro groups is 1. The normalized spacial score (nSPS) is 11.4. The van der Waals surface area contributed by atoms with Crippen molar-refractivity contribution in [3.05, 3.63) is 39.9 Å². The first-order valence-corrected chi connectivity index (χ1v) is 7.69. The Morgan fingerprint density at radius 2 is 2.05 bits per heavy atom. The second kappa shape index (κ2) is 7.20. The van der Waals surface area contributed by atoms with E-state index in [2.05, 4.69) is 0 Å². The molecular weight excluding hydrogens is 270 g/mol. The molecule has 0 radical (unpaired) electrons. The molecule has 0 atom stereocenters. The van der Waals surface area contributed by atoms with Crippen LogP contribution >= 0.6 is 0 Å². The molecule has 0 heterocycles. The van der Waals surface area contributed by atoms with E-state index >= 15 is 0 Å². The van der Waals surface area contributed by atoms with Crippen LogP contribution < -0.4 is 0 Å². The molecular formula is C12H17NO5S. The lowest BCUT2D eigenvalue weighted by Gasteiger charge is -2.04. The minimum absolute atomic E-state index is 0.0685. The molecule has 1 aromatic carbocycles. The molecule has 1 aromatic rings. The molecule has 7 heteroatoms. The van der Waals surface area contributed by atoms with Gasteiger partial charge in [-0.15, -0.1) is 0 Å². The van der Waals surface area contributed by atoms with Gasteiger partial charge in [-0.1, -0.05) is 12.1 Å². The van der Waals surface area contributed by atoms with Crippen LogP contribution in [0.15, 0.2) is 24.3 Å². The number of rotatable bonds is 8. The van der Waals surface area contributed by atoms with Crippen LogP contribution in [0.1, 0.15) is 18.4 Å². The number of unbranched alkanes of at least 4 members (excludes halogenated alkanes) is 1. The molecule has 0 N–H and O–H groups in total. The predicted molar refractivity (Wildman–Crippen MR) is 71.7 cm³/mol. The molecule has 0 aromatic heterocycles. The molecule has 6 nitrogen and oxygen atoms in total. The summed E-state index contributed by atoms with van der Waals surface area (Å²) in [6.07, 6.45) is 1.22. The maximum Gasteiger partial charge on any atom is 0.269 e. The van der Waals surface area contributed by atoms with Crippen LogP contribution in [-0.4, -0.2) is 32.8 Å². The van der Waals surface area contributed by atoms with Gasteiger partial charge in [-0.25, -0.2) is 8.42 Å². The third-order valence-corrected chi connectivity index (χ3v) is 4.25. The van der Waals surface area contributed by atoms with Gasteiger partial charge in [-0.2, -0.15) is 0 Å². The maximum absolute atomic E-state index is 11.8. The van der Waals surface area contributed by atoms with Gasteiger partial charge in [0.25, 0.3) is 5.69 Å². The summed E-state index contributed by atoms with van der Waals surface area (Å²) in [5.41, 5.74) is 0.355. The van der Waals surface area contributed by atoms with Gasteiger partial charge in [-0.05, 0) is 18.4 Å². The second-order valence-corrected chi connectivity index (χ2v) is 6.40. The highest BCUT2D eigenvalue weighted by Crippen LogP contribution is 2.16. The van der Waals surface area contributed by atoms with Gasteiger partial charge in [0.2, 0.25) is 0 Å². The van der Waals surface area contributed by atoms with Crippen molar-refractivity contribution in [2.75, 3.05) is 19.5 Å². The molecule has 0 saturated heterocycles. The minimum Gasteiger partial charge on any atom is -0.385 e. The van der Waals surface area contributed by atoms with E-state index in [1.165, 1.54) is 18.2 Å². The van der Waals surface area contributed by atoms with E-state index in [9.17, 15) is 18.5 Å². The number of nitro benzene ring substituents is 1. The van der Waals surface area contributed by atoms with Crippen molar-refractivity contribution in [3.8, 4) is 0 Å². The molecule has 0 unspecified atom stereocenters. The van der Waals surface area contributed by atoms with Gasteiger partial charge in [0.05, 0.1) is 16.4 Å². The first kappa shape index (κ1) is 15.6. The zero-order valence-electron chi connectivity index (χ0n) is 10.7. The smallest absolute Gasteiger partial charge is 0.269 e. The third-order valence-electron chi connectivity index (χ3n) is 2.56. The van der Waals surface area contributed by atoms with Crippen LogP contribution in [0, 0.1) is 10.1 Å². The van der Waals surface area contributed by atoms with E-state index in [1.54, 1.807) is 13.2 Å². The molecule has 0 aliphatic rings. The van der Waals surface area contributed by atoms with Crippen LogP contribution in [0.3, 0.4) is 0 Å². The lowest BCUT2D eigenvalue weighted by molar-refractivity contribution is -0.384. The van der Waals surface area contributed by atoms with Crippen LogP contribution in [0.2, 0.25) is 0 Å². The Morgan fingerprint density at radius 3 is 2.68 bits per heavy atom. The first-order chi connectivity index (χ1) is 8.94. The molecule has 19 heavy (non-hydrogen) atoms. The monoisotopic (exact) mass is 287 g/mol. The van der Waals surface area contributed by atoms with Crippen molar-refractivity contribution < 1.29 is 18.1 Å². The van der Waals surface area contributed by atoms with E-state index in [4.69, 9.17) is 4.74 Å². The quantitative estimate of drug-likeness (QED) is 0.414. The number of nitrogens with zero attached hydrogens (tertiary/aromatic N) is 1. The standard InChI is InChI=1S/C12H17NO5S/c1-18-7-2-3-8-19(16,17)10-11-5-4-6-12(9-11)13(14)15/h4-6,9H,2-3,7-8,10H2,1H3. The molecule has 0 bridgehead atoms. The van der Waals surface area contributed by atoms with Gasteiger partial charge < -0.3 is 4.74 Å². The lowest BCUT2D eigenvalue weighted by atomic mass is 10.2. The summed E-state index contributed by atoms with van der Waals surface area (Å²) in [4.78, 5) is 10.1. The van der Waals surface area contributed by atoms with E-state index in [1.807, 2.05) is 0 Å². The first-order valence-electron chi connectivity index (χ1n) is 5.87. The number of methoxy groups -OCH3 is 1. The van der Waals surface area contributed by atoms with Crippen molar-refractivity contribution >= 4 is 15.5 Å². The summed E-state index contributed by atoms with van der Waals surface area (Å²) in [7, 11) is -1.67. The number of sulfone groups is 1. The third kappa shape index (κ3) is 5.80. The zero-order valence-corrected chi connectivity index (χ0v) is 11.6. The van der Waals surface area contributed by atoms with Gasteiger partial charge >= 0.3 is 0 Å². The molecule has 1 rings (SSSR count). The van der Waals surface area contributed by atoms with Crippen molar-refractivity contribution in [1.29, 1.82) is 0 Å². The van der Waals surface area contributed by atoms with Gasteiger partial charge in [0.15, 0.2) is 9.84 Å². The highest BCUT2D eigenvalue weighted by Gasteiger charge is 2.14. The van der Waals surface area contributed by atoms with Crippen molar-refractivity contribution in [2.24, 2.45) is 0 Å². The maximum atomic E-state index is 11.8. The van der Waals surface area contributed by atoms with Crippen LogP contribution in [-0.2, 0) is 20.3 Å². The summed E-state index contributed by atoms with van der Waals surface area (Å²) in [6, 6.07) is 5.72. The number of non-ortho nitro benzene ring substituents is 1. The van der Waals surface area contributed by atoms with Crippen LogP contribution in [0.25, 0.3) is 0 Å². The Labute approximate surface area is 112 Å². The fraction of sp³-hybridized carbons (Fsp3) is 0.500. The summed E-state index contributed by atoms with van der Waals surface area (Å²) >= 11 is 0. The van der Waals surface area contributed by atoms with Crippen LogP contribution in [0.5, 0.6) is 0 Å². The Bertz CT molecular complexity index is 527. The fourth-order valence-corrected chi connectivity index (χ4v) is 3.13. The van der Waals surface area contributed by atoms with Crippen molar-refractivity contribution in [1.82, 2.24) is 0 Å². The molecule has 0 spiro atoms. The van der Waals surface area contributed by atoms with Gasteiger partial charge in [-0.3, -0.25) is 10.1 Å². The summed E-state index contributed by atoms with van der Waals surface area (Å²) in [5, 5.41) is 10.6. The largest absolute Gasteiger partial charge is 0.385 e. The minimum atomic E-state index is -3.24. The molecule has 0 amide bonds. The Morgan fingerprint density at radius 1 is 1.32 bits per heavy atom. The summed E-state index contributed by atoms with van der Waals surface area (Å²) < 4.78 is 28.5. The summed E-state index contributed by atoms with van der Waals surface area (Å²) in [6.45, 7) is 0.534. The highest BCUT2D eigenvalue weighted by molar-refractivity contribution is 7.90. The van der Waals surface area contributed by atoms with Gasteiger partial charge in [0.1, 0.15) is 0 Å². The van der Waals surface area contributed by atoms with E-state index in [-0.39, 0.29) is 17.2 Å². The van der Waals surface area contributed by atoms with Gasteiger partial charge in [0, 0.05) is 25.8 Å². The van der Waals surface area contributed by atoms with E-state index in [0.29, 0.717) is 25.0 Å². The molecule has 106 valence electrons. The molecule has 0 saturated carbocycles. The van der Waals surface area contributed by atoms with Crippen molar-refractivity contribution in [2.45, 2.75) is 18.6 Å². The second-order valence-electron chi connectivity index (χ2n) is 4.22. The molecule has 0 aliphatic heterocycles. The Kier molecular flexibility index (Phi) is 5.91. The number of ether oxygens (including phenoxy) is 1. The average molecular weight is 287 g/mol. The topological polar surface area (TPSA) is 86.5 Å². The summed E-state index contributed by atoms with van der Waals surface area (Å²) in [5.74, 6) is -0.0965.